The molecule has 7 nitrogen and oxygen atoms in total. The van der Waals surface area contributed by atoms with E-state index in [4.69, 9.17) is 5.11 Å². The minimum atomic E-state index is -0.464. The molecule has 1 heterocycles. The van der Waals surface area contributed by atoms with Crippen LogP contribution in [0.2, 0.25) is 0 Å². The molecule has 0 atom stereocenters. The number of nitrogens with one attached hydrogen (secondary N) is 2. The standard InChI is InChI=1S/C13H17N5O2/c1-13(2,6-7-19)14-12(20)10-5-3-4-9(8-10)11-15-17-18-16-11/h3-5,8,19H,6-7H2,1-2H3,(H,14,20)(H,15,16,17,18). The highest BCUT2D eigenvalue weighted by atomic mass is 16.3. The second-order valence-electron chi connectivity index (χ2n) is 5.13. The third kappa shape index (κ3) is 3.39. The highest BCUT2D eigenvalue weighted by Crippen LogP contribution is 2.16. The van der Waals surface area contributed by atoms with Gasteiger partial charge in [0.05, 0.1) is 0 Å². The minimum Gasteiger partial charge on any atom is -0.396 e. The molecule has 2 rings (SSSR count). The number of nitrogens with zero attached hydrogens (tertiary/aromatic N) is 3. The first-order chi connectivity index (χ1) is 9.52. The number of rotatable bonds is 5. The number of carbonyl (C=O) groups excluding carboxylic acids is 1. The largest absolute Gasteiger partial charge is 0.396 e. The number of H-pyrrole nitrogens is 1. The molecule has 0 spiro atoms. The number of tetrazole rings is 1. The van der Waals surface area contributed by atoms with Gasteiger partial charge >= 0.3 is 0 Å². The molecule has 0 fully saturated rings. The Labute approximate surface area is 116 Å². The molecule has 1 aromatic carbocycles. The summed E-state index contributed by atoms with van der Waals surface area (Å²) in [6, 6.07) is 6.99. The minimum absolute atomic E-state index is 0.0240. The summed E-state index contributed by atoms with van der Waals surface area (Å²) in [5.74, 6) is 0.239. The zero-order valence-corrected chi connectivity index (χ0v) is 11.4. The SMILES string of the molecule is CC(C)(CCO)NC(=O)c1cccc(-c2nn[nH]n2)c1. The Morgan fingerprint density at radius 1 is 1.45 bits per heavy atom. The fraction of sp³-hybridized carbons (Fsp3) is 0.385. The van der Waals surface area contributed by atoms with Crippen LogP contribution < -0.4 is 5.32 Å². The predicted molar refractivity (Wildman–Crippen MR) is 72.9 cm³/mol. The Morgan fingerprint density at radius 3 is 2.90 bits per heavy atom. The van der Waals surface area contributed by atoms with E-state index in [-0.39, 0.29) is 12.5 Å². The fourth-order valence-electron chi connectivity index (χ4n) is 1.81. The molecule has 0 aliphatic rings. The Balaban J connectivity index is 2.17. The molecule has 106 valence electrons. The maximum absolute atomic E-state index is 12.2. The van der Waals surface area contributed by atoms with Crippen molar-refractivity contribution in [2.75, 3.05) is 6.61 Å². The van der Waals surface area contributed by atoms with Crippen molar-refractivity contribution in [1.82, 2.24) is 25.9 Å². The normalized spacial score (nSPS) is 11.3. The lowest BCUT2D eigenvalue weighted by Crippen LogP contribution is -2.44. The van der Waals surface area contributed by atoms with Crippen LogP contribution in [0.4, 0.5) is 0 Å². The number of amides is 1. The van der Waals surface area contributed by atoms with Crippen molar-refractivity contribution in [1.29, 1.82) is 0 Å². The van der Waals surface area contributed by atoms with Gasteiger partial charge in [-0.15, -0.1) is 10.2 Å². The van der Waals surface area contributed by atoms with E-state index in [0.29, 0.717) is 23.4 Å². The maximum Gasteiger partial charge on any atom is 0.251 e. The van der Waals surface area contributed by atoms with E-state index in [2.05, 4.69) is 25.9 Å². The van der Waals surface area contributed by atoms with Crippen LogP contribution >= 0.6 is 0 Å². The van der Waals surface area contributed by atoms with Crippen molar-refractivity contribution in [3.8, 4) is 11.4 Å². The molecule has 0 radical (unpaired) electrons. The summed E-state index contributed by atoms with van der Waals surface area (Å²) in [7, 11) is 0. The summed E-state index contributed by atoms with van der Waals surface area (Å²) in [6.45, 7) is 3.75. The van der Waals surface area contributed by atoms with E-state index in [1.165, 1.54) is 0 Å². The Kier molecular flexibility index (Phi) is 4.09. The summed E-state index contributed by atoms with van der Waals surface area (Å²) in [5, 5.41) is 25.5. The van der Waals surface area contributed by atoms with E-state index in [1.807, 2.05) is 13.8 Å². The molecule has 20 heavy (non-hydrogen) atoms. The number of hydrogen-bond donors (Lipinski definition) is 3. The fourth-order valence-corrected chi connectivity index (χ4v) is 1.81. The molecule has 1 aromatic heterocycles. The second-order valence-corrected chi connectivity index (χ2v) is 5.13. The van der Waals surface area contributed by atoms with E-state index < -0.39 is 5.54 Å². The molecule has 0 aliphatic heterocycles. The molecule has 0 unspecified atom stereocenters. The van der Waals surface area contributed by atoms with Gasteiger partial charge in [-0.2, -0.15) is 5.21 Å². The molecule has 0 saturated carbocycles. The number of carbonyl (C=O) groups is 1. The lowest BCUT2D eigenvalue weighted by atomic mass is 10.00. The van der Waals surface area contributed by atoms with Crippen LogP contribution in [0, 0.1) is 0 Å². The maximum atomic E-state index is 12.2. The third-order valence-electron chi connectivity index (χ3n) is 2.92. The topological polar surface area (TPSA) is 104 Å². The van der Waals surface area contributed by atoms with Gasteiger partial charge in [-0.1, -0.05) is 12.1 Å². The first-order valence-corrected chi connectivity index (χ1v) is 6.29. The molecule has 3 N–H and O–H groups in total. The highest BCUT2D eigenvalue weighted by Gasteiger charge is 2.20. The first kappa shape index (κ1) is 14.1. The van der Waals surface area contributed by atoms with Crippen molar-refractivity contribution in [3.63, 3.8) is 0 Å². The number of aromatic amines is 1. The van der Waals surface area contributed by atoms with Crippen LogP contribution in [-0.2, 0) is 0 Å². The predicted octanol–water partition coefficient (Wildman–Crippen LogP) is 0.757. The second kappa shape index (κ2) is 5.79. The van der Waals surface area contributed by atoms with Crippen LogP contribution in [0.1, 0.15) is 30.6 Å². The lowest BCUT2D eigenvalue weighted by molar-refractivity contribution is 0.0899. The van der Waals surface area contributed by atoms with Crippen LogP contribution in [0.5, 0.6) is 0 Å². The zero-order valence-electron chi connectivity index (χ0n) is 11.4. The van der Waals surface area contributed by atoms with Gasteiger partial charge in [0.1, 0.15) is 0 Å². The Hall–Kier alpha value is -2.28. The van der Waals surface area contributed by atoms with E-state index in [1.54, 1.807) is 24.3 Å². The molecular formula is C13H17N5O2. The monoisotopic (exact) mass is 275 g/mol. The Morgan fingerprint density at radius 2 is 2.25 bits per heavy atom. The van der Waals surface area contributed by atoms with E-state index >= 15 is 0 Å². The average molecular weight is 275 g/mol. The molecule has 0 saturated heterocycles. The highest BCUT2D eigenvalue weighted by molar-refractivity contribution is 5.95. The summed E-state index contributed by atoms with van der Waals surface area (Å²) in [5.41, 5.74) is 0.762. The van der Waals surface area contributed by atoms with E-state index in [0.717, 1.165) is 0 Å². The number of aliphatic hydroxyl groups excluding tert-OH is 1. The number of benzene rings is 1. The van der Waals surface area contributed by atoms with Crippen molar-refractivity contribution in [2.45, 2.75) is 25.8 Å². The van der Waals surface area contributed by atoms with Gasteiger partial charge in [-0.25, -0.2) is 0 Å². The van der Waals surface area contributed by atoms with Crippen LogP contribution in [0.25, 0.3) is 11.4 Å². The van der Waals surface area contributed by atoms with Crippen molar-refractivity contribution < 1.29 is 9.90 Å². The van der Waals surface area contributed by atoms with Gasteiger partial charge in [0.2, 0.25) is 5.82 Å². The van der Waals surface area contributed by atoms with Gasteiger partial charge < -0.3 is 10.4 Å². The van der Waals surface area contributed by atoms with Crippen molar-refractivity contribution >= 4 is 5.91 Å². The van der Waals surface area contributed by atoms with Gasteiger partial charge in [-0.3, -0.25) is 4.79 Å². The molecular weight excluding hydrogens is 258 g/mol. The van der Waals surface area contributed by atoms with Gasteiger partial charge in [0, 0.05) is 23.3 Å². The quantitative estimate of drug-likeness (QED) is 0.747. The lowest BCUT2D eigenvalue weighted by Gasteiger charge is -2.25. The number of aliphatic hydroxyl groups is 1. The van der Waals surface area contributed by atoms with Crippen LogP contribution in [-0.4, -0.2) is 43.8 Å². The van der Waals surface area contributed by atoms with Gasteiger partial charge in [0.15, 0.2) is 0 Å². The smallest absolute Gasteiger partial charge is 0.251 e. The molecule has 0 bridgehead atoms. The van der Waals surface area contributed by atoms with Gasteiger partial charge in [0.25, 0.3) is 5.91 Å². The number of hydrogen-bond acceptors (Lipinski definition) is 5. The molecule has 2 aromatic rings. The number of aromatic nitrogens is 4. The first-order valence-electron chi connectivity index (χ1n) is 6.29. The molecule has 7 heteroatoms. The average Bonchev–Trinajstić information content (AvgIpc) is 2.92. The van der Waals surface area contributed by atoms with Crippen LogP contribution in [0.3, 0.4) is 0 Å². The van der Waals surface area contributed by atoms with Crippen molar-refractivity contribution in [3.05, 3.63) is 29.8 Å². The molecule has 0 aliphatic carbocycles. The van der Waals surface area contributed by atoms with Crippen molar-refractivity contribution in [2.24, 2.45) is 0 Å². The summed E-state index contributed by atoms with van der Waals surface area (Å²) in [6.07, 6.45) is 0.489. The molecule has 1 amide bonds. The third-order valence-corrected chi connectivity index (χ3v) is 2.92. The summed E-state index contributed by atoms with van der Waals surface area (Å²) in [4.78, 5) is 12.2. The van der Waals surface area contributed by atoms with Gasteiger partial charge in [-0.05, 0) is 37.6 Å². The van der Waals surface area contributed by atoms with Crippen LogP contribution in [0.15, 0.2) is 24.3 Å². The summed E-state index contributed by atoms with van der Waals surface area (Å²) >= 11 is 0. The zero-order chi connectivity index (χ0) is 14.6. The Bertz CT molecular complexity index is 580. The summed E-state index contributed by atoms with van der Waals surface area (Å²) < 4.78 is 0. The van der Waals surface area contributed by atoms with E-state index in [9.17, 15) is 4.79 Å².